The van der Waals surface area contributed by atoms with Gasteiger partial charge in [0.25, 0.3) is 0 Å². The highest BCUT2D eigenvalue weighted by Crippen LogP contribution is 1.93. The molecular formula is C7H16O5. The molecule has 5 nitrogen and oxygen atoms in total. The Morgan fingerprint density at radius 1 is 1.00 bits per heavy atom. The summed E-state index contributed by atoms with van der Waals surface area (Å²) in [6.07, 6.45) is -1.50. The second kappa shape index (κ2) is 8.29. The smallest absolute Gasteiger partial charge is 0.450 e. The summed E-state index contributed by atoms with van der Waals surface area (Å²) in [7, 11) is 0. The zero-order chi connectivity index (χ0) is 10.1. The molecule has 0 radical (unpaired) electrons. The lowest BCUT2D eigenvalue weighted by atomic mass is 10.5. The van der Waals surface area contributed by atoms with Crippen LogP contribution >= 0.6 is 0 Å². The maximum Gasteiger partial charge on any atom is 0.503 e. The van der Waals surface area contributed by atoms with E-state index in [9.17, 15) is 0 Å². The van der Waals surface area contributed by atoms with Gasteiger partial charge in [-0.15, -0.1) is 0 Å². The highest BCUT2D eigenvalue weighted by molar-refractivity contribution is 5.53. The molecule has 0 rings (SSSR count). The highest BCUT2D eigenvalue weighted by atomic mass is 17.2. The minimum Gasteiger partial charge on any atom is -0.450 e. The minimum absolute atomic E-state index is 0.164. The molecule has 0 aliphatic heterocycles. The molecule has 0 saturated carbocycles. The third kappa shape index (κ3) is 35.1. The van der Waals surface area contributed by atoms with Gasteiger partial charge in [-0.05, 0) is 27.7 Å². The van der Waals surface area contributed by atoms with Gasteiger partial charge in [-0.25, -0.2) is 14.6 Å². The Kier molecular flexibility index (Phi) is 9.50. The number of hydrogen-bond donors (Lipinski definition) is 2. The predicted octanol–water partition coefficient (Wildman–Crippen LogP) is 1.97. The third-order valence-corrected chi connectivity index (χ3v) is 0.440. The van der Waals surface area contributed by atoms with E-state index in [2.05, 4.69) is 0 Å². The second-order valence-corrected chi connectivity index (χ2v) is 2.57. The molecule has 2 N–H and O–H groups in total. The summed E-state index contributed by atoms with van der Waals surface area (Å²) in [6.45, 7) is 7.73. The normalized spacial score (nSPS) is 9.50. The molecule has 0 atom stereocenters. The van der Waals surface area contributed by atoms with Crippen molar-refractivity contribution in [3.05, 3.63) is 0 Å². The van der Waals surface area contributed by atoms with Crippen LogP contribution in [0.3, 0.4) is 0 Å². The van der Waals surface area contributed by atoms with Crippen LogP contribution in [0.2, 0.25) is 0 Å². The molecule has 0 heterocycles. The number of rotatable bonds is 3. The van der Waals surface area contributed by atoms with Crippen LogP contribution in [-0.2, 0) is 9.78 Å². The van der Waals surface area contributed by atoms with E-state index in [1.165, 1.54) is 0 Å². The summed E-state index contributed by atoms with van der Waals surface area (Å²) in [5.41, 5.74) is 0. The first kappa shape index (κ1) is 13.8. The predicted molar refractivity (Wildman–Crippen MR) is 43.1 cm³/mol. The summed E-state index contributed by atoms with van der Waals surface area (Å²) in [5, 5.41) is 13.9. The van der Waals surface area contributed by atoms with E-state index >= 15 is 0 Å². The first-order valence-electron chi connectivity index (χ1n) is 3.60. The highest BCUT2D eigenvalue weighted by Gasteiger charge is 1.95. The van der Waals surface area contributed by atoms with E-state index in [0.717, 1.165) is 0 Å². The molecule has 0 fully saturated rings. The second-order valence-electron chi connectivity index (χ2n) is 2.57. The molecule has 0 aromatic heterocycles. The van der Waals surface area contributed by atoms with E-state index < -0.39 is 6.16 Å². The fourth-order valence-electron chi connectivity index (χ4n) is 0.222. The fraction of sp³-hybridized carbons (Fsp3) is 0.857. The molecular weight excluding hydrogens is 164 g/mol. The Balaban J connectivity index is 0. The van der Waals surface area contributed by atoms with E-state index in [1.807, 2.05) is 27.7 Å². The monoisotopic (exact) mass is 180 g/mol. The van der Waals surface area contributed by atoms with Gasteiger partial charge >= 0.3 is 6.16 Å². The molecule has 0 aliphatic carbocycles. The van der Waals surface area contributed by atoms with E-state index in [1.54, 1.807) is 0 Å². The van der Waals surface area contributed by atoms with Crippen molar-refractivity contribution in [1.82, 2.24) is 0 Å². The van der Waals surface area contributed by atoms with Crippen molar-refractivity contribution in [3.8, 4) is 0 Å². The van der Waals surface area contributed by atoms with Gasteiger partial charge in [-0.1, -0.05) is 0 Å². The van der Waals surface area contributed by atoms with Gasteiger partial charge in [0.15, 0.2) is 0 Å². The third-order valence-electron chi connectivity index (χ3n) is 0.440. The Morgan fingerprint density at radius 2 is 1.17 bits per heavy atom. The zero-order valence-corrected chi connectivity index (χ0v) is 7.77. The molecule has 0 amide bonds. The van der Waals surface area contributed by atoms with Gasteiger partial charge in [-0.2, -0.15) is 0 Å². The lowest BCUT2D eigenvalue weighted by molar-refractivity contribution is -0.337. The van der Waals surface area contributed by atoms with Crippen LogP contribution in [0, 0.1) is 0 Å². The largest absolute Gasteiger partial charge is 0.503 e. The Hall–Kier alpha value is -0.810. The molecule has 0 aliphatic rings. The molecule has 0 aromatic carbocycles. The molecule has 0 unspecified atom stereocenters. The Bertz CT molecular complexity index is 98.4. The van der Waals surface area contributed by atoms with Crippen LogP contribution in [0.25, 0.3) is 0 Å². The fourth-order valence-corrected chi connectivity index (χ4v) is 0.222. The minimum atomic E-state index is -1.83. The van der Waals surface area contributed by atoms with Crippen LogP contribution in [0.15, 0.2) is 0 Å². The van der Waals surface area contributed by atoms with Gasteiger partial charge in [0, 0.05) is 0 Å². The maximum atomic E-state index is 8.56. The van der Waals surface area contributed by atoms with Crippen LogP contribution in [0.5, 0.6) is 0 Å². The van der Waals surface area contributed by atoms with Crippen molar-refractivity contribution in [2.24, 2.45) is 0 Å². The topological polar surface area (TPSA) is 76.0 Å². The van der Waals surface area contributed by atoms with Crippen molar-refractivity contribution in [1.29, 1.82) is 0 Å². The van der Waals surface area contributed by atoms with Crippen molar-refractivity contribution < 1.29 is 24.8 Å². The van der Waals surface area contributed by atoms with Gasteiger partial charge in [0.1, 0.15) is 0 Å². The first-order valence-corrected chi connectivity index (χ1v) is 3.60. The molecule has 12 heavy (non-hydrogen) atoms. The van der Waals surface area contributed by atoms with Gasteiger partial charge in [0.05, 0.1) is 12.2 Å². The van der Waals surface area contributed by atoms with Crippen molar-refractivity contribution in [2.45, 2.75) is 39.9 Å². The number of carbonyl (C=O) groups is 1. The van der Waals surface area contributed by atoms with Crippen molar-refractivity contribution in [2.75, 3.05) is 0 Å². The quantitative estimate of drug-likeness (QED) is 0.513. The first-order chi connectivity index (χ1) is 5.36. The maximum absolute atomic E-state index is 8.56. The lowest BCUT2D eigenvalue weighted by Gasteiger charge is -2.08. The van der Waals surface area contributed by atoms with Crippen molar-refractivity contribution >= 4 is 6.16 Å². The molecule has 0 spiro atoms. The number of carboxylic acid groups (broad SMARTS) is 2. The van der Waals surface area contributed by atoms with Crippen molar-refractivity contribution in [3.63, 3.8) is 0 Å². The standard InChI is InChI=1S/C6H14O2.CH2O3/c1-5(2)7-8-6(3)4;2-1(3)4/h5-6H,1-4H3;(H2,2,3,4). The zero-order valence-electron chi connectivity index (χ0n) is 7.77. The molecule has 0 saturated heterocycles. The number of hydrogen-bond acceptors (Lipinski definition) is 3. The average molecular weight is 180 g/mol. The van der Waals surface area contributed by atoms with Crippen LogP contribution in [0.1, 0.15) is 27.7 Å². The van der Waals surface area contributed by atoms with Crippen LogP contribution in [0.4, 0.5) is 4.79 Å². The van der Waals surface area contributed by atoms with E-state index in [4.69, 9.17) is 24.8 Å². The van der Waals surface area contributed by atoms with E-state index in [0.29, 0.717) is 0 Å². The Morgan fingerprint density at radius 3 is 1.25 bits per heavy atom. The summed E-state index contributed by atoms with van der Waals surface area (Å²) >= 11 is 0. The molecule has 0 bridgehead atoms. The van der Waals surface area contributed by atoms with Gasteiger partial charge in [0.2, 0.25) is 0 Å². The Labute approximate surface area is 71.8 Å². The van der Waals surface area contributed by atoms with E-state index in [-0.39, 0.29) is 12.2 Å². The molecule has 0 aromatic rings. The summed E-state index contributed by atoms with van der Waals surface area (Å²) < 4.78 is 0. The van der Waals surface area contributed by atoms with Gasteiger partial charge in [-0.3, -0.25) is 0 Å². The summed E-state index contributed by atoms with van der Waals surface area (Å²) in [6, 6.07) is 0. The SMILES string of the molecule is CC(C)OOC(C)C.O=C(O)O. The molecule has 5 heteroatoms. The van der Waals surface area contributed by atoms with Crippen LogP contribution in [-0.4, -0.2) is 28.6 Å². The summed E-state index contributed by atoms with van der Waals surface area (Å²) in [5.74, 6) is 0. The van der Waals surface area contributed by atoms with Gasteiger partial charge < -0.3 is 10.2 Å². The lowest BCUT2D eigenvalue weighted by Crippen LogP contribution is -2.08. The molecule has 74 valence electrons. The van der Waals surface area contributed by atoms with Crippen LogP contribution < -0.4 is 0 Å². The average Bonchev–Trinajstić information content (AvgIpc) is 1.82. The summed E-state index contributed by atoms with van der Waals surface area (Å²) in [4.78, 5) is 18.2.